The summed E-state index contributed by atoms with van der Waals surface area (Å²) in [6.45, 7) is 4.83. The summed E-state index contributed by atoms with van der Waals surface area (Å²) in [5.74, 6) is 2.23. The maximum atomic E-state index is 12.3. The Morgan fingerprint density at radius 1 is 1.42 bits per heavy atom. The lowest BCUT2D eigenvalue weighted by Crippen LogP contribution is -2.55. The quantitative estimate of drug-likeness (QED) is 0.785. The SMILES string of the molecule is CC1C(C)S(=O)(=O)CCN1C(=O)CC1CSCCN1. The van der Waals surface area contributed by atoms with Crippen LogP contribution < -0.4 is 5.32 Å². The third-order valence-electron chi connectivity index (χ3n) is 4.09. The Hall–Kier alpha value is -0.270. The van der Waals surface area contributed by atoms with Crippen LogP contribution in [0.3, 0.4) is 0 Å². The van der Waals surface area contributed by atoms with Gasteiger partial charge in [-0.15, -0.1) is 0 Å². The zero-order valence-electron chi connectivity index (χ0n) is 11.5. The van der Waals surface area contributed by atoms with Gasteiger partial charge in [0.15, 0.2) is 9.84 Å². The molecule has 1 amide bonds. The molecule has 2 fully saturated rings. The van der Waals surface area contributed by atoms with Crippen LogP contribution in [-0.2, 0) is 14.6 Å². The van der Waals surface area contributed by atoms with Gasteiger partial charge >= 0.3 is 0 Å². The van der Waals surface area contributed by atoms with Gasteiger partial charge in [0.1, 0.15) is 0 Å². The van der Waals surface area contributed by atoms with Crippen molar-refractivity contribution in [1.82, 2.24) is 10.2 Å². The van der Waals surface area contributed by atoms with Crippen molar-refractivity contribution in [2.45, 2.75) is 37.6 Å². The number of hydrogen-bond acceptors (Lipinski definition) is 5. The fourth-order valence-electron chi connectivity index (χ4n) is 2.60. The van der Waals surface area contributed by atoms with Crippen LogP contribution in [0.15, 0.2) is 0 Å². The van der Waals surface area contributed by atoms with Crippen LogP contribution in [0.2, 0.25) is 0 Å². The van der Waals surface area contributed by atoms with Crippen molar-refractivity contribution in [3.8, 4) is 0 Å². The highest BCUT2D eigenvalue weighted by Gasteiger charge is 2.38. The van der Waals surface area contributed by atoms with E-state index in [1.807, 2.05) is 18.7 Å². The molecule has 2 aliphatic rings. The van der Waals surface area contributed by atoms with E-state index >= 15 is 0 Å². The van der Waals surface area contributed by atoms with Crippen LogP contribution in [0.1, 0.15) is 20.3 Å². The molecule has 2 heterocycles. The highest BCUT2D eigenvalue weighted by atomic mass is 32.2. The average molecular weight is 306 g/mol. The van der Waals surface area contributed by atoms with E-state index in [4.69, 9.17) is 0 Å². The Morgan fingerprint density at radius 3 is 2.79 bits per heavy atom. The summed E-state index contributed by atoms with van der Waals surface area (Å²) in [6.07, 6.45) is 0.476. The first-order chi connectivity index (χ1) is 8.92. The third kappa shape index (κ3) is 3.44. The fraction of sp³-hybridized carbons (Fsp3) is 0.917. The Balaban J connectivity index is 1.96. The lowest BCUT2D eigenvalue weighted by Gasteiger charge is -2.38. The summed E-state index contributed by atoms with van der Waals surface area (Å²) in [5.41, 5.74) is 0. The number of amides is 1. The van der Waals surface area contributed by atoms with Crippen LogP contribution in [-0.4, -0.2) is 66.9 Å². The Kier molecular flexibility index (Phi) is 4.79. The molecule has 3 atom stereocenters. The zero-order valence-corrected chi connectivity index (χ0v) is 13.1. The molecule has 0 aromatic rings. The topological polar surface area (TPSA) is 66.5 Å². The second-order valence-electron chi connectivity index (χ2n) is 5.33. The second-order valence-corrected chi connectivity index (χ2v) is 8.96. The Morgan fingerprint density at radius 2 is 2.16 bits per heavy atom. The number of hydrogen-bond donors (Lipinski definition) is 1. The third-order valence-corrected chi connectivity index (χ3v) is 7.50. The standard InChI is InChI=1S/C12H22N2O3S2/c1-9-10(2)19(16,17)6-4-14(9)12(15)7-11-8-18-5-3-13-11/h9-11,13H,3-8H2,1-2H3. The fourth-order valence-corrected chi connectivity index (χ4v) is 5.12. The summed E-state index contributed by atoms with van der Waals surface area (Å²) in [6, 6.07) is 0.00906. The summed E-state index contributed by atoms with van der Waals surface area (Å²) in [7, 11) is -3.02. The molecule has 1 N–H and O–H groups in total. The second kappa shape index (κ2) is 6.01. The molecule has 110 valence electrons. The van der Waals surface area contributed by atoms with Gasteiger partial charge in [-0.3, -0.25) is 4.79 Å². The number of rotatable bonds is 2. The molecule has 0 bridgehead atoms. The first-order valence-electron chi connectivity index (χ1n) is 6.74. The molecular weight excluding hydrogens is 284 g/mol. The van der Waals surface area contributed by atoms with Crippen molar-refractivity contribution in [3.63, 3.8) is 0 Å². The molecule has 0 aromatic carbocycles. The molecule has 0 saturated carbocycles. The van der Waals surface area contributed by atoms with E-state index in [1.165, 1.54) is 0 Å². The van der Waals surface area contributed by atoms with Crippen molar-refractivity contribution in [3.05, 3.63) is 0 Å². The van der Waals surface area contributed by atoms with E-state index in [1.54, 1.807) is 11.8 Å². The van der Waals surface area contributed by atoms with Crippen molar-refractivity contribution >= 4 is 27.5 Å². The summed E-state index contributed by atoms with van der Waals surface area (Å²) < 4.78 is 23.6. The minimum Gasteiger partial charge on any atom is -0.338 e. The highest BCUT2D eigenvalue weighted by Crippen LogP contribution is 2.21. The van der Waals surface area contributed by atoms with E-state index in [0.717, 1.165) is 18.1 Å². The van der Waals surface area contributed by atoms with Gasteiger partial charge in [-0.25, -0.2) is 8.42 Å². The first kappa shape index (κ1) is 15.1. The largest absolute Gasteiger partial charge is 0.338 e. The maximum Gasteiger partial charge on any atom is 0.224 e. The summed E-state index contributed by atoms with van der Waals surface area (Å²) in [4.78, 5) is 14.1. The molecule has 3 unspecified atom stereocenters. The normalized spacial score (nSPS) is 35.1. The van der Waals surface area contributed by atoms with Gasteiger partial charge in [0, 0.05) is 43.1 Å². The monoisotopic (exact) mass is 306 g/mol. The molecule has 0 aliphatic carbocycles. The highest BCUT2D eigenvalue weighted by molar-refractivity contribution is 7.99. The van der Waals surface area contributed by atoms with Gasteiger partial charge in [0.05, 0.1) is 11.0 Å². The molecule has 0 aromatic heterocycles. The van der Waals surface area contributed by atoms with Crippen molar-refractivity contribution < 1.29 is 13.2 Å². The molecule has 2 saturated heterocycles. The molecule has 0 radical (unpaired) electrons. The van der Waals surface area contributed by atoms with Gasteiger partial charge in [0.25, 0.3) is 0 Å². The number of carbonyl (C=O) groups excluding carboxylic acids is 1. The number of thioether (sulfide) groups is 1. The van der Waals surface area contributed by atoms with Crippen LogP contribution in [0.25, 0.3) is 0 Å². The smallest absolute Gasteiger partial charge is 0.224 e. The van der Waals surface area contributed by atoms with E-state index in [9.17, 15) is 13.2 Å². The predicted octanol–water partition coefficient (Wildman–Crippen LogP) is 0.116. The Bertz CT molecular complexity index is 432. The van der Waals surface area contributed by atoms with Crippen LogP contribution >= 0.6 is 11.8 Å². The predicted molar refractivity (Wildman–Crippen MR) is 78.2 cm³/mol. The van der Waals surface area contributed by atoms with Gasteiger partial charge in [-0.1, -0.05) is 0 Å². The maximum absolute atomic E-state index is 12.3. The molecule has 2 aliphatic heterocycles. The first-order valence-corrected chi connectivity index (χ1v) is 9.61. The lowest BCUT2D eigenvalue weighted by atomic mass is 10.1. The summed E-state index contributed by atoms with van der Waals surface area (Å²) >= 11 is 1.86. The van der Waals surface area contributed by atoms with Crippen LogP contribution in [0, 0.1) is 0 Å². The number of sulfone groups is 1. The lowest BCUT2D eigenvalue weighted by molar-refractivity contribution is -0.133. The van der Waals surface area contributed by atoms with Crippen molar-refractivity contribution in [2.24, 2.45) is 0 Å². The molecule has 0 spiro atoms. The van der Waals surface area contributed by atoms with E-state index in [-0.39, 0.29) is 23.7 Å². The molecule has 7 heteroatoms. The summed E-state index contributed by atoms with van der Waals surface area (Å²) in [5, 5.41) is 2.89. The van der Waals surface area contributed by atoms with Gasteiger partial charge < -0.3 is 10.2 Å². The van der Waals surface area contributed by atoms with E-state index in [0.29, 0.717) is 13.0 Å². The molecular formula is C12H22N2O3S2. The van der Waals surface area contributed by atoms with Crippen molar-refractivity contribution in [1.29, 1.82) is 0 Å². The van der Waals surface area contributed by atoms with Gasteiger partial charge in [0.2, 0.25) is 5.91 Å². The van der Waals surface area contributed by atoms with Gasteiger partial charge in [-0.05, 0) is 13.8 Å². The Labute approximate surface area is 119 Å². The van der Waals surface area contributed by atoms with Crippen molar-refractivity contribution in [2.75, 3.05) is 30.3 Å². The average Bonchev–Trinajstić information content (AvgIpc) is 2.37. The van der Waals surface area contributed by atoms with Crippen LogP contribution in [0.4, 0.5) is 0 Å². The molecule has 19 heavy (non-hydrogen) atoms. The molecule has 5 nitrogen and oxygen atoms in total. The van der Waals surface area contributed by atoms with Gasteiger partial charge in [-0.2, -0.15) is 11.8 Å². The van der Waals surface area contributed by atoms with E-state index in [2.05, 4.69) is 5.32 Å². The molecule has 2 rings (SSSR count). The minimum atomic E-state index is -3.02. The number of carbonyl (C=O) groups is 1. The minimum absolute atomic E-state index is 0.0780. The zero-order chi connectivity index (χ0) is 14.0. The van der Waals surface area contributed by atoms with Crippen LogP contribution in [0.5, 0.6) is 0 Å². The number of nitrogens with zero attached hydrogens (tertiary/aromatic N) is 1. The van der Waals surface area contributed by atoms with E-state index < -0.39 is 15.1 Å². The number of nitrogens with one attached hydrogen (secondary N) is 1.